The molecule has 6 aromatic carbocycles. The Hall–Kier alpha value is -3.92. The summed E-state index contributed by atoms with van der Waals surface area (Å²) in [5, 5.41) is 7.39. The van der Waals surface area contributed by atoms with Crippen molar-refractivity contribution in [2.24, 2.45) is 0 Å². The van der Waals surface area contributed by atoms with Gasteiger partial charge in [-0.1, -0.05) is 115 Å². The van der Waals surface area contributed by atoms with Crippen LogP contribution in [0.3, 0.4) is 0 Å². The summed E-state index contributed by atoms with van der Waals surface area (Å²) in [5.74, 6) is 0. The predicted molar refractivity (Wildman–Crippen MR) is 166 cm³/mol. The van der Waals surface area contributed by atoms with E-state index in [1.807, 2.05) is 0 Å². The van der Waals surface area contributed by atoms with Crippen LogP contribution >= 0.6 is 0 Å². The van der Waals surface area contributed by atoms with E-state index in [-0.39, 0.29) is 0 Å². The van der Waals surface area contributed by atoms with Gasteiger partial charge in [-0.15, -0.1) is 0 Å². The first-order chi connectivity index (χ1) is 18.9. The molecule has 6 aromatic rings. The van der Waals surface area contributed by atoms with Crippen LogP contribution in [0.5, 0.6) is 0 Å². The normalized spacial score (nSPS) is 16.4. The number of hydrogen-bond acceptors (Lipinski definition) is 2. The molecule has 1 fully saturated rings. The fourth-order valence-corrected chi connectivity index (χ4v) is 6.05. The molecular formula is C36H31BO2. The van der Waals surface area contributed by atoms with Gasteiger partial charge in [-0.2, -0.15) is 0 Å². The molecule has 0 unspecified atom stereocenters. The molecule has 0 N–H and O–H groups in total. The van der Waals surface area contributed by atoms with Crippen molar-refractivity contribution in [2.75, 3.05) is 0 Å². The monoisotopic (exact) mass is 506 g/mol. The van der Waals surface area contributed by atoms with Gasteiger partial charge in [-0.3, -0.25) is 0 Å². The van der Waals surface area contributed by atoms with Gasteiger partial charge >= 0.3 is 7.12 Å². The van der Waals surface area contributed by atoms with E-state index < -0.39 is 18.3 Å². The second-order valence-electron chi connectivity index (χ2n) is 11.5. The topological polar surface area (TPSA) is 18.5 Å². The van der Waals surface area contributed by atoms with Gasteiger partial charge in [-0.25, -0.2) is 0 Å². The minimum atomic E-state index is -0.414. The lowest BCUT2D eigenvalue weighted by Crippen LogP contribution is -2.41. The minimum Gasteiger partial charge on any atom is -0.399 e. The maximum Gasteiger partial charge on any atom is 0.495 e. The molecule has 39 heavy (non-hydrogen) atoms. The van der Waals surface area contributed by atoms with Crippen molar-refractivity contribution >= 4 is 44.9 Å². The van der Waals surface area contributed by atoms with Crippen LogP contribution in [-0.4, -0.2) is 18.3 Å². The molecule has 1 saturated heterocycles. The molecule has 2 nitrogen and oxygen atoms in total. The highest BCUT2D eigenvalue weighted by Crippen LogP contribution is 2.45. The minimum absolute atomic E-state index is 0.392. The van der Waals surface area contributed by atoms with Crippen LogP contribution in [-0.2, 0) is 9.31 Å². The van der Waals surface area contributed by atoms with E-state index in [4.69, 9.17) is 9.31 Å². The van der Waals surface area contributed by atoms with Crippen molar-refractivity contribution in [3.8, 4) is 22.3 Å². The van der Waals surface area contributed by atoms with Crippen LogP contribution in [0.15, 0.2) is 115 Å². The quantitative estimate of drug-likeness (QED) is 0.176. The van der Waals surface area contributed by atoms with Crippen LogP contribution < -0.4 is 5.46 Å². The molecule has 0 atom stereocenters. The van der Waals surface area contributed by atoms with Gasteiger partial charge in [0.25, 0.3) is 0 Å². The number of fused-ring (bicyclic) bond motifs is 3. The molecule has 0 aliphatic carbocycles. The van der Waals surface area contributed by atoms with E-state index in [1.54, 1.807) is 0 Å². The fraction of sp³-hybridized carbons (Fsp3) is 0.167. The van der Waals surface area contributed by atoms with Crippen LogP contribution in [0.25, 0.3) is 54.6 Å². The molecule has 190 valence electrons. The van der Waals surface area contributed by atoms with E-state index in [2.05, 4.69) is 143 Å². The fourth-order valence-electron chi connectivity index (χ4n) is 6.05. The number of benzene rings is 6. The third-order valence-electron chi connectivity index (χ3n) is 8.73. The van der Waals surface area contributed by atoms with E-state index in [0.717, 1.165) is 10.8 Å². The Labute approximate surface area is 230 Å². The van der Waals surface area contributed by atoms with Crippen molar-refractivity contribution in [1.29, 1.82) is 0 Å². The van der Waals surface area contributed by atoms with E-state index in [9.17, 15) is 0 Å². The molecule has 7 rings (SSSR count). The number of hydrogen-bond donors (Lipinski definition) is 0. The predicted octanol–water partition coefficient (Wildman–Crippen LogP) is 8.78. The summed E-state index contributed by atoms with van der Waals surface area (Å²) in [5.41, 5.74) is 5.29. The summed E-state index contributed by atoms with van der Waals surface area (Å²) in [4.78, 5) is 0. The molecule has 3 heteroatoms. The molecule has 0 bridgehead atoms. The first kappa shape index (κ1) is 24.1. The lowest BCUT2D eigenvalue weighted by Gasteiger charge is -2.32. The molecule has 1 aliphatic rings. The second kappa shape index (κ2) is 8.81. The zero-order valence-electron chi connectivity index (χ0n) is 22.9. The van der Waals surface area contributed by atoms with E-state index >= 15 is 0 Å². The van der Waals surface area contributed by atoms with E-state index in [1.165, 1.54) is 49.2 Å². The van der Waals surface area contributed by atoms with Crippen molar-refractivity contribution in [2.45, 2.75) is 38.9 Å². The Kier molecular flexibility index (Phi) is 5.45. The molecule has 0 radical (unpaired) electrons. The zero-order chi connectivity index (χ0) is 26.8. The van der Waals surface area contributed by atoms with Gasteiger partial charge in [0, 0.05) is 0 Å². The summed E-state index contributed by atoms with van der Waals surface area (Å²) in [6, 6.07) is 41.5. The van der Waals surface area contributed by atoms with E-state index in [0.29, 0.717) is 0 Å². The van der Waals surface area contributed by atoms with Crippen molar-refractivity contribution in [3.63, 3.8) is 0 Å². The summed E-state index contributed by atoms with van der Waals surface area (Å²) in [6.07, 6.45) is 0. The molecule has 0 amide bonds. The first-order valence-electron chi connectivity index (χ1n) is 13.7. The molecule has 0 saturated carbocycles. The molecule has 0 aromatic heterocycles. The maximum atomic E-state index is 6.49. The third-order valence-corrected chi connectivity index (χ3v) is 8.73. The van der Waals surface area contributed by atoms with Gasteiger partial charge in [0.15, 0.2) is 0 Å². The maximum absolute atomic E-state index is 6.49. The first-order valence-corrected chi connectivity index (χ1v) is 13.7. The Morgan fingerprint density at radius 2 is 0.872 bits per heavy atom. The highest BCUT2D eigenvalue weighted by atomic mass is 16.7. The Morgan fingerprint density at radius 1 is 0.436 bits per heavy atom. The third kappa shape index (κ3) is 3.72. The Bertz CT molecular complexity index is 1800. The lowest BCUT2D eigenvalue weighted by atomic mass is 9.74. The Balaban J connectivity index is 1.53. The lowest BCUT2D eigenvalue weighted by molar-refractivity contribution is 0.00578. The average molecular weight is 506 g/mol. The standard InChI is InChI=1S/C36H31BO2/c1-35(2)36(3,4)39-37(38-35)32-23-22-31(25-16-8-9-17-26(25)32)34-29-20-12-10-18-27(29)33(24-14-6-5-7-15-24)28-19-11-13-21-30(28)34/h5-23H,1-4H3. The summed E-state index contributed by atoms with van der Waals surface area (Å²) in [7, 11) is -0.414. The largest absolute Gasteiger partial charge is 0.495 e. The van der Waals surface area contributed by atoms with Crippen LogP contribution in [0.1, 0.15) is 27.7 Å². The molecule has 1 heterocycles. The number of rotatable bonds is 3. The van der Waals surface area contributed by atoms with Crippen molar-refractivity contribution in [1.82, 2.24) is 0 Å². The van der Waals surface area contributed by atoms with Crippen molar-refractivity contribution in [3.05, 3.63) is 115 Å². The van der Waals surface area contributed by atoms with Crippen molar-refractivity contribution < 1.29 is 9.31 Å². The SMILES string of the molecule is CC1(C)OB(c2ccc(-c3c4ccccc4c(-c4ccccc4)c4ccccc34)c3ccccc23)OC1(C)C. The molecular weight excluding hydrogens is 475 g/mol. The van der Waals surface area contributed by atoms with Gasteiger partial charge in [0.1, 0.15) is 0 Å². The summed E-state index contributed by atoms with van der Waals surface area (Å²) in [6.45, 7) is 8.43. The van der Waals surface area contributed by atoms with Gasteiger partial charge in [-0.05, 0) is 87.7 Å². The summed E-state index contributed by atoms with van der Waals surface area (Å²) < 4.78 is 13.0. The second-order valence-corrected chi connectivity index (χ2v) is 11.5. The van der Waals surface area contributed by atoms with Crippen LogP contribution in [0.4, 0.5) is 0 Å². The Morgan fingerprint density at radius 3 is 1.41 bits per heavy atom. The van der Waals surface area contributed by atoms with Crippen LogP contribution in [0.2, 0.25) is 0 Å². The average Bonchev–Trinajstić information content (AvgIpc) is 3.17. The smallest absolute Gasteiger partial charge is 0.399 e. The van der Waals surface area contributed by atoms with Gasteiger partial charge < -0.3 is 9.31 Å². The summed E-state index contributed by atoms with van der Waals surface area (Å²) >= 11 is 0. The molecule has 0 spiro atoms. The zero-order valence-corrected chi connectivity index (χ0v) is 22.9. The van der Waals surface area contributed by atoms with Crippen LogP contribution in [0, 0.1) is 0 Å². The van der Waals surface area contributed by atoms with Gasteiger partial charge in [0.05, 0.1) is 11.2 Å². The van der Waals surface area contributed by atoms with Gasteiger partial charge in [0.2, 0.25) is 0 Å². The highest BCUT2D eigenvalue weighted by Gasteiger charge is 2.52. The highest BCUT2D eigenvalue weighted by molar-refractivity contribution is 6.65. The molecule has 1 aliphatic heterocycles.